The van der Waals surface area contributed by atoms with Crippen LogP contribution >= 0.6 is 22.9 Å². The summed E-state index contributed by atoms with van der Waals surface area (Å²) in [7, 11) is 0. The zero-order chi connectivity index (χ0) is 21.2. The average molecular weight is 450 g/mol. The number of halogens is 1. The Balaban J connectivity index is 1.49. The minimum absolute atomic E-state index is 0.0480. The van der Waals surface area contributed by atoms with Crippen LogP contribution in [0.5, 0.6) is 0 Å². The molecule has 0 spiro atoms. The molecule has 0 bridgehead atoms. The molecule has 0 saturated heterocycles. The fraction of sp³-hybridized carbons (Fsp3) is 0.269. The van der Waals surface area contributed by atoms with Crippen LogP contribution in [0, 0.1) is 0 Å². The maximum absolute atomic E-state index is 13.8. The number of carbonyl (C=O) groups is 1. The van der Waals surface area contributed by atoms with Gasteiger partial charge in [-0.3, -0.25) is 4.79 Å². The normalized spacial score (nSPS) is 14.7. The van der Waals surface area contributed by atoms with Crippen molar-refractivity contribution < 1.29 is 9.21 Å². The number of nitrogens with zero attached hydrogens (tertiary/aromatic N) is 1. The number of rotatable bonds is 5. The lowest BCUT2D eigenvalue weighted by atomic mass is 9.93. The van der Waals surface area contributed by atoms with Crippen molar-refractivity contribution in [1.29, 1.82) is 0 Å². The number of fused-ring (bicyclic) bond motifs is 1. The van der Waals surface area contributed by atoms with E-state index in [0.29, 0.717) is 16.4 Å². The average Bonchev–Trinajstić information content (AvgIpc) is 3.47. The molecule has 1 aliphatic rings. The molecule has 2 aromatic heterocycles. The molecule has 2 aromatic carbocycles. The summed E-state index contributed by atoms with van der Waals surface area (Å²) in [5, 5.41) is 1.54. The third-order valence-corrected chi connectivity index (χ3v) is 7.80. The molecule has 0 aliphatic heterocycles. The van der Waals surface area contributed by atoms with Crippen molar-refractivity contribution >= 4 is 38.9 Å². The summed E-state index contributed by atoms with van der Waals surface area (Å²) in [6.07, 6.45) is 9.13. The first-order valence-corrected chi connectivity index (χ1v) is 12.0. The smallest absolute Gasteiger partial charge is 0.266 e. The molecule has 158 valence electrons. The van der Waals surface area contributed by atoms with E-state index in [9.17, 15) is 4.79 Å². The highest BCUT2D eigenvalue weighted by atomic mass is 35.5. The highest BCUT2D eigenvalue weighted by molar-refractivity contribution is 7.21. The van der Waals surface area contributed by atoms with Crippen LogP contribution in [0.4, 0.5) is 0 Å². The Bertz CT molecular complexity index is 1190. The van der Waals surface area contributed by atoms with Crippen LogP contribution in [0.25, 0.3) is 21.2 Å². The first-order valence-electron chi connectivity index (χ1n) is 10.8. The molecule has 3 nitrogen and oxygen atoms in total. The summed E-state index contributed by atoms with van der Waals surface area (Å²) in [4.78, 5) is 16.5. The molecule has 0 N–H and O–H groups in total. The molecule has 1 amide bonds. The highest BCUT2D eigenvalue weighted by Crippen LogP contribution is 2.37. The number of amides is 1. The van der Waals surface area contributed by atoms with E-state index in [1.165, 1.54) is 30.6 Å². The van der Waals surface area contributed by atoms with Gasteiger partial charge in [-0.15, -0.1) is 11.3 Å². The van der Waals surface area contributed by atoms with Crippen LogP contribution in [-0.2, 0) is 6.54 Å². The van der Waals surface area contributed by atoms with Crippen molar-refractivity contribution in [3.05, 3.63) is 82.6 Å². The molecule has 0 unspecified atom stereocenters. The van der Waals surface area contributed by atoms with Gasteiger partial charge in [0.2, 0.25) is 0 Å². The van der Waals surface area contributed by atoms with E-state index in [-0.39, 0.29) is 11.9 Å². The van der Waals surface area contributed by atoms with E-state index in [2.05, 4.69) is 23.1 Å². The van der Waals surface area contributed by atoms with Gasteiger partial charge >= 0.3 is 0 Å². The minimum atomic E-state index is 0.0480. The summed E-state index contributed by atoms with van der Waals surface area (Å²) in [6.45, 7) is 0.583. The summed E-state index contributed by atoms with van der Waals surface area (Å²) < 4.78 is 6.30. The van der Waals surface area contributed by atoms with E-state index in [1.54, 1.807) is 12.5 Å². The first-order chi connectivity index (χ1) is 15.2. The lowest BCUT2D eigenvalue weighted by Gasteiger charge is -2.34. The van der Waals surface area contributed by atoms with Crippen molar-refractivity contribution in [2.75, 3.05) is 0 Å². The van der Waals surface area contributed by atoms with Crippen LogP contribution in [0.2, 0.25) is 5.02 Å². The zero-order valence-corrected chi connectivity index (χ0v) is 18.8. The van der Waals surface area contributed by atoms with E-state index in [4.69, 9.17) is 16.0 Å². The van der Waals surface area contributed by atoms with Gasteiger partial charge in [-0.1, -0.05) is 67.3 Å². The predicted molar refractivity (Wildman–Crippen MR) is 128 cm³/mol. The van der Waals surface area contributed by atoms with Crippen LogP contribution in [0.1, 0.15) is 47.3 Å². The Kier molecular flexibility index (Phi) is 5.84. The van der Waals surface area contributed by atoms with Crippen molar-refractivity contribution in [3.8, 4) is 11.1 Å². The van der Waals surface area contributed by atoms with Crippen molar-refractivity contribution in [2.24, 2.45) is 0 Å². The van der Waals surface area contributed by atoms with Gasteiger partial charge < -0.3 is 9.32 Å². The van der Waals surface area contributed by atoms with Gasteiger partial charge in [0.15, 0.2) is 0 Å². The van der Waals surface area contributed by atoms with Crippen molar-refractivity contribution in [2.45, 2.75) is 44.7 Å². The quantitative estimate of drug-likeness (QED) is 0.311. The first kappa shape index (κ1) is 20.3. The molecule has 1 saturated carbocycles. The molecule has 5 heteroatoms. The third-order valence-electron chi connectivity index (χ3n) is 6.14. The van der Waals surface area contributed by atoms with Gasteiger partial charge in [0.1, 0.15) is 4.88 Å². The van der Waals surface area contributed by atoms with Crippen LogP contribution < -0.4 is 0 Å². The second kappa shape index (κ2) is 8.89. The largest absolute Gasteiger partial charge is 0.472 e. The Morgan fingerprint density at radius 3 is 2.65 bits per heavy atom. The van der Waals surface area contributed by atoms with E-state index in [1.807, 2.05) is 36.4 Å². The zero-order valence-electron chi connectivity index (χ0n) is 17.2. The van der Waals surface area contributed by atoms with E-state index >= 15 is 0 Å². The summed E-state index contributed by atoms with van der Waals surface area (Å²) in [5.41, 5.74) is 3.27. The second-order valence-corrected chi connectivity index (χ2v) is 9.61. The maximum Gasteiger partial charge on any atom is 0.266 e. The Hall–Kier alpha value is -2.56. The number of hydrogen-bond donors (Lipinski definition) is 0. The van der Waals surface area contributed by atoms with Crippen molar-refractivity contribution in [1.82, 2.24) is 4.90 Å². The molecule has 1 fully saturated rings. The lowest BCUT2D eigenvalue weighted by Crippen LogP contribution is -2.40. The van der Waals surface area contributed by atoms with Gasteiger partial charge in [0, 0.05) is 28.2 Å². The Morgan fingerprint density at radius 2 is 1.87 bits per heavy atom. The van der Waals surface area contributed by atoms with Gasteiger partial charge in [-0.2, -0.15) is 0 Å². The molecular formula is C26H24ClNO2S. The fourth-order valence-corrected chi connectivity index (χ4v) is 5.98. The molecule has 1 aliphatic carbocycles. The lowest BCUT2D eigenvalue weighted by molar-refractivity contribution is 0.0619. The van der Waals surface area contributed by atoms with Crippen LogP contribution in [-0.4, -0.2) is 16.8 Å². The fourth-order valence-electron chi connectivity index (χ4n) is 4.52. The number of benzene rings is 2. The molecule has 2 heterocycles. The number of hydrogen-bond acceptors (Lipinski definition) is 3. The monoisotopic (exact) mass is 449 g/mol. The maximum atomic E-state index is 13.8. The third kappa shape index (κ3) is 4.15. The Labute approximate surface area is 191 Å². The van der Waals surface area contributed by atoms with Crippen LogP contribution in [0.3, 0.4) is 0 Å². The Morgan fingerprint density at radius 1 is 1.03 bits per heavy atom. The summed E-state index contributed by atoms with van der Waals surface area (Å²) in [5.74, 6) is 0.0480. The van der Waals surface area contributed by atoms with E-state index in [0.717, 1.165) is 39.6 Å². The van der Waals surface area contributed by atoms with Gasteiger partial charge in [-0.05, 0) is 42.2 Å². The van der Waals surface area contributed by atoms with Crippen LogP contribution in [0.15, 0.2) is 71.5 Å². The highest BCUT2D eigenvalue weighted by Gasteiger charge is 2.29. The van der Waals surface area contributed by atoms with E-state index < -0.39 is 0 Å². The van der Waals surface area contributed by atoms with Gasteiger partial charge in [-0.25, -0.2) is 0 Å². The summed E-state index contributed by atoms with van der Waals surface area (Å²) in [6, 6.07) is 18.6. The minimum Gasteiger partial charge on any atom is -0.472 e. The molecular weight excluding hydrogens is 426 g/mol. The van der Waals surface area contributed by atoms with Crippen molar-refractivity contribution in [3.63, 3.8) is 0 Å². The molecule has 4 aromatic rings. The standard InChI is InChI=1S/C26H24ClNO2S/c27-24-22-11-4-5-12-23(22)31-25(24)26(29)28(21-9-2-1-3-10-21)16-18-7-6-8-19(15-18)20-13-14-30-17-20/h4-8,11-15,17,21H,1-3,9-10,16H2. The number of thiophene rings is 1. The van der Waals surface area contributed by atoms with Gasteiger partial charge in [0.25, 0.3) is 5.91 Å². The number of furan rings is 1. The SMILES string of the molecule is O=C(c1sc2ccccc2c1Cl)N(Cc1cccc(-c2ccoc2)c1)C1CCCCC1. The van der Waals surface area contributed by atoms with Gasteiger partial charge in [0.05, 0.1) is 17.5 Å². The topological polar surface area (TPSA) is 33.5 Å². The molecule has 0 radical (unpaired) electrons. The predicted octanol–water partition coefficient (Wildman–Crippen LogP) is 7.79. The summed E-state index contributed by atoms with van der Waals surface area (Å²) >= 11 is 8.18. The second-order valence-electron chi connectivity index (χ2n) is 8.18. The number of carbonyl (C=O) groups excluding carboxylic acids is 1. The molecule has 0 atom stereocenters. The molecule has 31 heavy (non-hydrogen) atoms. The molecule has 5 rings (SSSR count).